The average Bonchev–Trinajstić information content (AvgIpc) is 3.05. The van der Waals surface area contributed by atoms with Gasteiger partial charge in [-0.1, -0.05) is 30.3 Å². The number of imidazole rings is 1. The fraction of sp³-hybridized carbons (Fsp3) is 0.125. The molecule has 2 aromatic heterocycles. The molecule has 1 amide bonds. The van der Waals surface area contributed by atoms with Crippen LogP contribution in [0.15, 0.2) is 53.5 Å². The largest absolute Gasteiger partial charge is 0.350 e. The number of amides is 1. The molecule has 3 rings (SSSR count). The van der Waals surface area contributed by atoms with Gasteiger partial charge in [0.2, 0.25) is 0 Å². The minimum absolute atomic E-state index is 0.180. The first-order valence-corrected chi connectivity index (χ1v) is 7.15. The first-order chi connectivity index (χ1) is 11.2. The van der Waals surface area contributed by atoms with E-state index in [-0.39, 0.29) is 17.2 Å². The summed E-state index contributed by atoms with van der Waals surface area (Å²) in [5.41, 5.74) is 1.78. The van der Waals surface area contributed by atoms with Crippen LogP contribution in [0.4, 0.5) is 0 Å². The van der Waals surface area contributed by atoms with E-state index in [4.69, 9.17) is 0 Å². The van der Waals surface area contributed by atoms with E-state index in [0.717, 1.165) is 17.1 Å². The molecular formula is C16H15N5O2. The molecule has 7 nitrogen and oxygen atoms in total. The molecule has 3 N–H and O–H groups in total. The van der Waals surface area contributed by atoms with Crippen LogP contribution in [-0.2, 0) is 6.42 Å². The summed E-state index contributed by atoms with van der Waals surface area (Å²) in [4.78, 5) is 30.3. The van der Waals surface area contributed by atoms with Crippen molar-refractivity contribution in [1.82, 2.24) is 25.5 Å². The minimum Gasteiger partial charge on any atom is -0.350 e. The Kier molecular flexibility index (Phi) is 4.28. The fourth-order valence-electron chi connectivity index (χ4n) is 2.10. The monoisotopic (exact) mass is 309 g/mol. The zero-order valence-corrected chi connectivity index (χ0v) is 12.2. The van der Waals surface area contributed by atoms with Gasteiger partial charge in [0.15, 0.2) is 0 Å². The Morgan fingerprint density at radius 1 is 1.13 bits per heavy atom. The van der Waals surface area contributed by atoms with Gasteiger partial charge in [-0.3, -0.25) is 9.59 Å². The topological polar surface area (TPSA) is 104 Å². The molecule has 0 saturated carbocycles. The van der Waals surface area contributed by atoms with Crippen molar-refractivity contribution in [1.29, 1.82) is 0 Å². The van der Waals surface area contributed by atoms with Gasteiger partial charge >= 0.3 is 0 Å². The van der Waals surface area contributed by atoms with Crippen molar-refractivity contribution in [2.24, 2.45) is 0 Å². The van der Waals surface area contributed by atoms with E-state index in [0.29, 0.717) is 13.0 Å². The van der Waals surface area contributed by atoms with Gasteiger partial charge in [-0.15, -0.1) is 0 Å². The lowest BCUT2D eigenvalue weighted by molar-refractivity contribution is 0.0948. The SMILES string of the molecule is O=C(NCCc1cnc(-c2ccccc2)[nH]1)c1ccc(=O)[nH]n1. The minimum atomic E-state index is -0.340. The van der Waals surface area contributed by atoms with Crippen LogP contribution in [0.3, 0.4) is 0 Å². The van der Waals surface area contributed by atoms with E-state index in [1.165, 1.54) is 12.1 Å². The smallest absolute Gasteiger partial charge is 0.271 e. The molecule has 0 aliphatic rings. The Labute approximate surface area is 131 Å². The van der Waals surface area contributed by atoms with Crippen molar-refractivity contribution in [2.45, 2.75) is 6.42 Å². The number of nitrogens with zero attached hydrogens (tertiary/aromatic N) is 2. The summed E-state index contributed by atoms with van der Waals surface area (Å²) >= 11 is 0. The molecule has 0 unspecified atom stereocenters. The van der Waals surface area contributed by atoms with Gasteiger partial charge < -0.3 is 10.3 Å². The Morgan fingerprint density at radius 3 is 2.70 bits per heavy atom. The summed E-state index contributed by atoms with van der Waals surface area (Å²) in [5.74, 6) is 0.471. The van der Waals surface area contributed by atoms with Gasteiger partial charge in [0.25, 0.3) is 11.5 Å². The second-order valence-corrected chi connectivity index (χ2v) is 4.94. The van der Waals surface area contributed by atoms with Crippen LogP contribution in [0.1, 0.15) is 16.2 Å². The predicted octanol–water partition coefficient (Wildman–Crippen LogP) is 1.13. The van der Waals surface area contributed by atoms with Crippen molar-refractivity contribution < 1.29 is 4.79 Å². The van der Waals surface area contributed by atoms with E-state index in [1.807, 2.05) is 30.3 Å². The number of hydrogen-bond acceptors (Lipinski definition) is 4. The quantitative estimate of drug-likeness (QED) is 0.657. The number of aromatic amines is 2. The summed E-state index contributed by atoms with van der Waals surface area (Å²) in [6.45, 7) is 0.441. The number of carbonyl (C=O) groups is 1. The molecule has 0 aliphatic heterocycles. The summed E-state index contributed by atoms with van der Waals surface area (Å²) in [7, 11) is 0. The maximum Gasteiger partial charge on any atom is 0.271 e. The summed E-state index contributed by atoms with van der Waals surface area (Å²) in [6, 6.07) is 12.5. The van der Waals surface area contributed by atoms with Gasteiger partial charge in [-0.05, 0) is 6.07 Å². The predicted molar refractivity (Wildman–Crippen MR) is 84.9 cm³/mol. The fourth-order valence-corrected chi connectivity index (χ4v) is 2.10. The molecule has 0 bridgehead atoms. The molecular weight excluding hydrogens is 294 g/mol. The first-order valence-electron chi connectivity index (χ1n) is 7.15. The summed E-state index contributed by atoms with van der Waals surface area (Å²) in [5, 5.41) is 8.65. The van der Waals surface area contributed by atoms with Crippen LogP contribution in [0.5, 0.6) is 0 Å². The van der Waals surface area contributed by atoms with E-state index in [9.17, 15) is 9.59 Å². The van der Waals surface area contributed by atoms with Crippen LogP contribution in [-0.4, -0.2) is 32.6 Å². The van der Waals surface area contributed by atoms with Crippen molar-refractivity contribution in [3.63, 3.8) is 0 Å². The maximum atomic E-state index is 11.9. The van der Waals surface area contributed by atoms with Gasteiger partial charge in [-0.25, -0.2) is 10.1 Å². The van der Waals surface area contributed by atoms with E-state index >= 15 is 0 Å². The zero-order valence-electron chi connectivity index (χ0n) is 12.2. The number of rotatable bonds is 5. The average molecular weight is 309 g/mol. The molecule has 7 heteroatoms. The number of nitrogens with one attached hydrogen (secondary N) is 3. The van der Waals surface area contributed by atoms with Crippen LogP contribution in [0.2, 0.25) is 0 Å². The molecule has 0 saturated heterocycles. The molecule has 23 heavy (non-hydrogen) atoms. The molecule has 0 radical (unpaired) electrons. The lowest BCUT2D eigenvalue weighted by Gasteiger charge is -2.03. The van der Waals surface area contributed by atoms with Gasteiger partial charge in [0.05, 0.1) is 0 Å². The molecule has 1 aromatic carbocycles. The van der Waals surface area contributed by atoms with Gasteiger partial charge in [-0.2, -0.15) is 5.10 Å². The van der Waals surface area contributed by atoms with Crippen molar-refractivity contribution in [2.75, 3.05) is 6.54 Å². The van der Waals surface area contributed by atoms with Gasteiger partial charge in [0, 0.05) is 36.5 Å². The Bertz CT molecular complexity index is 834. The second-order valence-electron chi connectivity index (χ2n) is 4.94. The van der Waals surface area contributed by atoms with Crippen molar-refractivity contribution in [3.05, 3.63) is 70.4 Å². The Morgan fingerprint density at radius 2 is 1.96 bits per heavy atom. The van der Waals surface area contributed by atoms with Crippen molar-refractivity contribution in [3.8, 4) is 11.4 Å². The molecule has 3 aromatic rings. The highest BCUT2D eigenvalue weighted by molar-refractivity contribution is 5.91. The number of carbonyl (C=O) groups excluding carboxylic acids is 1. The van der Waals surface area contributed by atoms with E-state index in [1.54, 1.807) is 6.20 Å². The standard InChI is InChI=1S/C16H15N5O2/c22-14-7-6-13(20-21-14)16(23)17-9-8-12-10-18-15(19-12)11-4-2-1-3-5-11/h1-7,10H,8-9H2,(H,17,23)(H,18,19)(H,21,22). The molecule has 116 valence electrons. The van der Waals surface area contributed by atoms with Crippen LogP contribution < -0.4 is 10.9 Å². The van der Waals surface area contributed by atoms with E-state index < -0.39 is 0 Å². The molecule has 0 aliphatic carbocycles. The highest BCUT2D eigenvalue weighted by Crippen LogP contribution is 2.14. The Balaban J connectivity index is 1.55. The highest BCUT2D eigenvalue weighted by atomic mass is 16.2. The normalized spacial score (nSPS) is 10.4. The number of benzene rings is 1. The second kappa shape index (κ2) is 6.69. The lowest BCUT2D eigenvalue weighted by Crippen LogP contribution is -2.27. The number of aromatic nitrogens is 4. The highest BCUT2D eigenvalue weighted by Gasteiger charge is 2.07. The van der Waals surface area contributed by atoms with Crippen LogP contribution in [0, 0.1) is 0 Å². The Hall–Kier alpha value is -3.22. The zero-order chi connectivity index (χ0) is 16.1. The molecule has 0 fully saturated rings. The van der Waals surface area contributed by atoms with Crippen molar-refractivity contribution >= 4 is 5.91 Å². The van der Waals surface area contributed by atoms with Gasteiger partial charge in [0.1, 0.15) is 11.5 Å². The van der Waals surface area contributed by atoms with Crippen LogP contribution in [0.25, 0.3) is 11.4 Å². The number of hydrogen-bond donors (Lipinski definition) is 3. The molecule has 0 atom stereocenters. The van der Waals surface area contributed by atoms with Crippen LogP contribution >= 0.6 is 0 Å². The first kappa shape index (κ1) is 14.7. The maximum absolute atomic E-state index is 11.9. The molecule has 2 heterocycles. The lowest BCUT2D eigenvalue weighted by atomic mass is 10.2. The third kappa shape index (κ3) is 3.70. The summed E-state index contributed by atoms with van der Waals surface area (Å²) in [6.07, 6.45) is 2.38. The third-order valence-corrected chi connectivity index (χ3v) is 3.27. The number of H-pyrrole nitrogens is 2. The summed E-state index contributed by atoms with van der Waals surface area (Å²) < 4.78 is 0. The van der Waals surface area contributed by atoms with E-state index in [2.05, 4.69) is 25.5 Å². The molecule has 0 spiro atoms. The third-order valence-electron chi connectivity index (χ3n) is 3.27.